The fraction of sp³-hybridized carbons (Fsp3) is 0.343. The standard InChI is InChI=1S/C35H39NO4/c1-22-23(2)33-31(25(4)32(22)39-20-26-10-8-7-9-11-26)16-17-35(5,40-33)21-36-34(37)24(3)27-12-13-29-19-30(38-6)15-14-28(29)18-27/h7-15,18-19,24H,16-17,20-21H2,1-6H3,(H,36,37)/t24-,35+/m0/s1. The van der Waals surface area contributed by atoms with E-state index in [-0.39, 0.29) is 11.8 Å². The zero-order chi connectivity index (χ0) is 28.4. The van der Waals surface area contributed by atoms with Gasteiger partial charge >= 0.3 is 0 Å². The van der Waals surface area contributed by atoms with E-state index in [4.69, 9.17) is 14.2 Å². The highest BCUT2D eigenvalue weighted by Crippen LogP contribution is 2.44. The van der Waals surface area contributed by atoms with Gasteiger partial charge in [-0.1, -0.05) is 54.6 Å². The number of carbonyl (C=O) groups excluding carboxylic acids is 1. The Bertz CT molecular complexity index is 1540. The summed E-state index contributed by atoms with van der Waals surface area (Å²) in [5.41, 5.74) is 6.19. The third kappa shape index (κ3) is 5.51. The smallest absolute Gasteiger partial charge is 0.227 e. The lowest BCUT2D eigenvalue weighted by molar-refractivity contribution is -0.123. The van der Waals surface area contributed by atoms with Gasteiger partial charge < -0.3 is 19.5 Å². The van der Waals surface area contributed by atoms with Crippen LogP contribution in [0, 0.1) is 20.8 Å². The van der Waals surface area contributed by atoms with Crippen molar-refractivity contribution < 1.29 is 19.0 Å². The van der Waals surface area contributed by atoms with Crippen LogP contribution < -0.4 is 19.5 Å². The van der Waals surface area contributed by atoms with Crippen LogP contribution in [0.25, 0.3) is 10.8 Å². The van der Waals surface area contributed by atoms with Crippen LogP contribution in [0.15, 0.2) is 66.7 Å². The lowest BCUT2D eigenvalue weighted by Crippen LogP contribution is -2.48. The summed E-state index contributed by atoms with van der Waals surface area (Å²) in [6, 6.07) is 22.4. The van der Waals surface area contributed by atoms with E-state index in [0.717, 1.165) is 68.7 Å². The molecule has 0 unspecified atom stereocenters. The van der Waals surface area contributed by atoms with E-state index < -0.39 is 5.60 Å². The van der Waals surface area contributed by atoms with E-state index in [9.17, 15) is 4.79 Å². The van der Waals surface area contributed by atoms with Gasteiger partial charge in [0.25, 0.3) is 0 Å². The number of ether oxygens (including phenoxy) is 3. The predicted octanol–water partition coefficient (Wildman–Crippen LogP) is 7.36. The zero-order valence-electron chi connectivity index (χ0n) is 24.4. The van der Waals surface area contributed by atoms with Crippen LogP contribution >= 0.6 is 0 Å². The van der Waals surface area contributed by atoms with Crippen molar-refractivity contribution in [3.63, 3.8) is 0 Å². The molecule has 0 spiro atoms. The number of amides is 1. The van der Waals surface area contributed by atoms with E-state index >= 15 is 0 Å². The maximum atomic E-state index is 13.2. The highest BCUT2D eigenvalue weighted by Gasteiger charge is 2.35. The van der Waals surface area contributed by atoms with Crippen LogP contribution in [0.3, 0.4) is 0 Å². The molecule has 1 amide bonds. The molecular weight excluding hydrogens is 498 g/mol. The SMILES string of the molecule is COc1ccc2cc([C@H](C)C(=O)NC[C@@]3(C)CCc4c(C)c(OCc5ccccc5)c(C)c(C)c4O3)ccc2c1. The van der Waals surface area contributed by atoms with E-state index in [2.05, 4.69) is 51.2 Å². The van der Waals surface area contributed by atoms with Gasteiger partial charge in [0, 0.05) is 5.56 Å². The summed E-state index contributed by atoms with van der Waals surface area (Å²) in [7, 11) is 1.67. The summed E-state index contributed by atoms with van der Waals surface area (Å²) in [5, 5.41) is 5.36. The third-order valence-electron chi connectivity index (χ3n) is 8.39. The number of hydrogen-bond acceptors (Lipinski definition) is 4. The molecule has 0 aromatic heterocycles. The van der Waals surface area contributed by atoms with Crippen LogP contribution in [-0.4, -0.2) is 25.2 Å². The molecule has 208 valence electrons. The highest BCUT2D eigenvalue weighted by molar-refractivity contribution is 5.88. The Balaban J connectivity index is 1.27. The van der Waals surface area contributed by atoms with Gasteiger partial charge in [0.1, 0.15) is 29.5 Å². The normalized spacial score (nSPS) is 17.1. The number of hydrogen-bond donors (Lipinski definition) is 1. The first-order valence-electron chi connectivity index (χ1n) is 14.0. The Hall–Kier alpha value is -3.99. The van der Waals surface area contributed by atoms with Crippen LogP contribution in [0.4, 0.5) is 0 Å². The molecular formula is C35H39NO4. The number of rotatable bonds is 8. The average molecular weight is 538 g/mol. The lowest BCUT2D eigenvalue weighted by atomic mass is 9.87. The second-order valence-electron chi connectivity index (χ2n) is 11.3. The van der Waals surface area contributed by atoms with Crippen LogP contribution in [-0.2, 0) is 17.8 Å². The number of benzene rings is 4. The molecule has 0 fully saturated rings. The summed E-state index contributed by atoms with van der Waals surface area (Å²) >= 11 is 0. The van der Waals surface area contributed by atoms with Gasteiger partial charge in [-0.15, -0.1) is 0 Å². The fourth-order valence-electron chi connectivity index (χ4n) is 5.57. The van der Waals surface area contributed by atoms with Crippen LogP contribution in [0.1, 0.15) is 59.6 Å². The molecule has 4 aromatic rings. The molecule has 0 saturated heterocycles. The van der Waals surface area contributed by atoms with Crippen molar-refractivity contribution in [1.29, 1.82) is 0 Å². The van der Waals surface area contributed by atoms with Gasteiger partial charge in [-0.05, 0) is 98.2 Å². The molecule has 5 rings (SSSR count). The van der Waals surface area contributed by atoms with E-state index in [0.29, 0.717) is 13.2 Å². The topological polar surface area (TPSA) is 56.8 Å². The molecule has 2 atom stereocenters. The first-order chi connectivity index (χ1) is 19.2. The number of fused-ring (bicyclic) bond motifs is 2. The molecule has 0 saturated carbocycles. The summed E-state index contributed by atoms with van der Waals surface area (Å²) in [6.45, 7) is 11.4. The van der Waals surface area contributed by atoms with E-state index in [1.165, 1.54) is 5.56 Å². The second kappa shape index (κ2) is 11.2. The Morgan fingerprint density at radius 3 is 2.45 bits per heavy atom. The molecule has 0 radical (unpaired) electrons. The molecule has 1 aliphatic rings. The van der Waals surface area contributed by atoms with Gasteiger partial charge in [0.15, 0.2) is 0 Å². The molecule has 5 nitrogen and oxygen atoms in total. The van der Waals surface area contributed by atoms with Crippen molar-refractivity contribution in [2.75, 3.05) is 13.7 Å². The molecule has 1 N–H and O–H groups in total. The Morgan fingerprint density at radius 1 is 0.975 bits per heavy atom. The van der Waals surface area contributed by atoms with E-state index in [1.807, 2.05) is 55.5 Å². The molecule has 4 aromatic carbocycles. The summed E-state index contributed by atoms with van der Waals surface area (Å²) < 4.78 is 18.3. The van der Waals surface area contributed by atoms with Gasteiger partial charge in [0.2, 0.25) is 5.91 Å². The number of nitrogens with one attached hydrogen (secondary N) is 1. The zero-order valence-corrected chi connectivity index (χ0v) is 24.4. The third-order valence-corrected chi connectivity index (χ3v) is 8.39. The molecule has 40 heavy (non-hydrogen) atoms. The van der Waals surface area contributed by atoms with Crippen molar-refractivity contribution in [2.24, 2.45) is 0 Å². The molecule has 0 aliphatic carbocycles. The van der Waals surface area contributed by atoms with Crippen LogP contribution in [0.5, 0.6) is 17.2 Å². The first kappa shape index (κ1) is 27.6. The van der Waals surface area contributed by atoms with Crippen molar-refractivity contribution in [3.8, 4) is 17.2 Å². The van der Waals surface area contributed by atoms with Gasteiger partial charge in [-0.3, -0.25) is 4.79 Å². The second-order valence-corrected chi connectivity index (χ2v) is 11.3. The Labute approximate surface area is 237 Å². The van der Waals surface area contributed by atoms with Crippen molar-refractivity contribution >= 4 is 16.7 Å². The van der Waals surface area contributed by atoms with Gasteiger partial charge in [-0.2, -0.15) is 0 Å². The minimum Gasteiger partial charge on any atom is -0.497 e. The average Bonchev–Trinajstić information content (AvgIpc) is 2.98. The molecule has 1 heterocycles. The summed E-state index contributed by atoms with van der Waals surface area (Å²) in [5.74, 6) is 2.43. The summed E-state index contributed by atoms with van der Waals surface area (Å²) in [4.78, 5) is 13.2. The lowest BCUT2D eigenvalue weighted by Gasteiger charge is -2.38. The maximum absolute atomic E-state index is 13.2. The molecule has 1 aliphatic heterocycles. The Morgan fingerprint density at radius 2 is 1.70 bits per heavy atom. The highest BCUT2D eigenvalue weighted by atomic mass is 16.5. The molecule has 0 bridgehead atoms. The monoisotopic (exact) mass is 537 g/mol. The van der Waals surface area contributed by atoms with Crippen LogP contribution in [0.2, 0.25) is 0 Å². The molecule has 5 heteroatoms. The number of methoxy groups -OCH3 is 1. The van der Waals surface area contributed by atoms with E-state index in [1.54, 1.807) is 7.11 Å². The minimum atomic E-state index is -0.488. The Kier molecular flexibility index (Phi) is 7.75. The largest absolute Gasteiger partial charge is 0.497 e. The van der Waals surface area contributed by atoms with Crippen molar-refractivity contribution in [1.82, 2.24) is 5.32 Å². The predicted molar refractivity (Wildman–Crippen MR) is 161 cm³/mol. The maximum Gasteiger partial charge on any atom is 0.227 e. The fourth-order valence-corrected chi connectivity index (χ4v) is 5.57. The summed E-state index contributed by atoms with van der Waals surface area (Å²) in [6.07, 6.45) is 1.69. The van der Waals surface area contributed by atoms with Crippen molar-refractivity contribution in [3.05, 3.63) is 100 Å². The quantitative estimate of drug-likeness (QED) is 0.255. The van der Waals surface area contributed by atoms with Gasteiger partial charge in [-0.25, -0.2) is 0 Å². The number of carbonyl (C=O) groups is 1. The van der Waals surface area contributed by atoms with Gasteiger partial charge in [0.05, 0.1) is 19.6 Å². The minimum absolute atomic E-state index is 0.00257. The first-order valence-corrected chi connectivity index (χ1v) is 14.0. The van der Waals surface area contributed by atoms with Crippen molar-refractivity contribution in [2.45, 2.75) is 65.6 Å².